The van der Waals surface area contributed by atoms with Crippen LogP contribution in [0, 0.1) is 6.92 Å². The van der Waals surface area contributed by atoms with E-state index in [-0.39, 0.29) is 11.6 Å². The van der Waals surface area contributed by atoms with Gasteiger partial charge in [0, 0.05) is 25.6 Å². The van der Waals surface area contributed by atoms with Gasteiger partial charge in [-0.3, -0.25) is 4.68 Å². The van der Waals surface area contributed by atoms with Crippen molar-refractivity contribution in [1.82, 2.24) is 9.78 Å². The van der Waals surface area contributed by atoms with Crippen LogP contribution in [0.1, 0.15) is 39.1 Å². The molecule has 1 aromatic heterocycles. The number of aromatic nitrogens is 2. The van der Waals surface area contributed by atoms with Crippen molar-refractivity contribution < 1.29 is 4.74 Å². The summed E-state index contributed by atoms with van der Waals surface area (Å²) in [4.78, 5) is 0. The van der Waals surface area contributed by atoms with Crippen LogP contribution in [-0.4, -0.2) is 28.0 Å². The van der Waals surface area contributed by atoms with Crippen LogP contribution in [0.5, 0.6) is 0 Å². The Balaban J connectivity index is 2.90. The predicted molar refractivity (Wildman–Crippen MR) is 77.7 cm³/mol. The third kappa shape index (κ3) is 3.33. The maximum atomic E-state index is 6.28. The summed E-state index contributed by atoms with van der Waals surface area (Å²) >= 11 is 3.60. The van der Waals surface area contributed by atoms with Gasteiger partial charge in [-0.15, -0.1) is 0 Å². The minimum absolute atomic E-state index is 0.0600. The number of aryl methyl sites for hydroxylation is 2. The zero-order chi connectivity index (χ0) is 13.9. The molecule has 0 amide bonds. The topological polar surface area (TPSA) is 53.1 Å². The number of hydrogen-bond acceptors (Lipinski definition) is 3. The third-order valence-electron chi connectivity index (χ3n) is 3.28. The van der Waals surface area contributed by atoms with Gasteiger partial charge < -0.3 is 10.5 Å². The van der Waals surface area contributed by atoms with Gasteiger partial charge in [-0.25, -0.2) is 0 Å². The first-order valence-electron chi connectivity index (χ1n) is 6.44. The maximum absolute atomic E-state index is 6.28. The van der Waals surface area contributed by atoms with Gasteiger partial charge in [0.05, 0.1) is 21.5 Å². The Bertz CT molecular complexity index is 401. The number of nitrogens with two attached hydrogens (primary N) is 1. The highest BCUT2D eigenvalue weighted by Gasteiger charge is 2.29. The van der Waals surface area contributed by atoms with E-state index in [0.717, 1.165) is 28.8 Å². The first kappa shape index (κ1) is 15.7. The van der Waals surface area contributed by atoms with Gasteiger partial charge in [-0.1, -0.05) is 0 Å². The second kappa shape index (κ2) is 6.17. The first-order chi connectivity index (χ1) is 8.33. The van der Waals surface area contributed by atoms with Gasteiger partial charge in [-0.2, -0.15) is 5.10 Å². The molecule has 0 fully saturated rings. The number of hydrogen-bond donors (Lipinski definition) is 1. The monoisotopic (exact) mass is 317 g/mol. The van der Waals surface area contributed by atoms with Gasteiger partial charge in [0.15, 0.2) is 0 Å². The quantitative estimate of drug-likeness (QED) is 0.877. The van der Waals surface area contributed by atoms with Crippen molar-refractivity contribution in [2.45, 2.75) is 59.2 Å². The lowest BCUT2D eigenvalue weighted by Gasteiger charge is -2.31. The molecule has 0 aliphatic carbocycles. The van der Waals surface area contributed by atoms with Crippen LogP contribution < -0.4 is 5.73 Å². The molecule has 4 nitrogen and oxygen atoms in total. The minimum atomic E-state index is -0.328. The fourth-order valence-electron chi connectivity index (χ4n) is 2.00. The van der Waals surface area contributed by atoms with Crippen molar-refractivity contribution in [2.75, 3.05) is 6.61 Å². The second-order valence-electron chi connectivity index (χ2n) is 5.01. The third-order valence-corrected chi connectivity index (χ3v) is 4.31. The van der Waals surface area contributed by atoms with Crippen LogP contribution in [0.25, 0.3) is 0 Å². The van der Waals surface area contributed by atoms with E-state index in [1.54, 1.807) is 0 Å². The van der Waals surface area contributed by atoms with Crippen molar-refractivity contribution in [3.8, 4) is 0 Å². The largest absolute Gasteiger partial charge is 0.374 e. The van der Waals surface area contributed by atoms with Crippen molar-refractivity contribution in [1.29, 1.82) is 0 Å². The molecule has 1 heterocycles. The van der Waals surface area contributed by atoms with E-state index in [2.05, 4.69) is 28.0 Å². The smallest absolute Gasteiger partial charge is 0.0780 e. The molecule has 0 aliphatic rings. The molecule has 0 bridgehead atoms. The molecule has 0 aromatic carbocycles. The molecule has 1 aromatic rings. The average Bonchev–Trinajstić information content (AvgIpc) is 2.56. The molecule has 5 heteroatoms. The molecular weight excluding hydrogens is 294 g/mol. The summed E-state index contributed by atoms with van der Waals surface area (Å²) in [6.07, 6.45) is 0.752. The molecule has 0 saturated carbocycles. The number of nitrogens with zero attached hydrogens (tertiary/aromatic N) is 2. The highest BCUT2D eigenvalue weighted by Crippen LogP contribution is 2.25. The predicted octanol–water partition coefficient (Wildman–Crippen LogP) is 2.66. The number of rotatable bonds is 6. The Morgan fingerprint density at radius 1 is 1.44 bits per heavy atom. The Kier molecular flexibility index (Phi) is 5.37. The lowest BCUT2D eigenvalue weighted by Crippen LogP contribution is -2.47. The van der Waals surface area contributed by atoms with E-state index in [1.807, 2.05) is 32.4 Å². The molecule has 2 N–H and O–H groups in total. The van der Waals surface area contributed by atoms with Crippen molar-refractivity contribution >= 4 is 15.9 Å². The highest BCUT2D eigenvalue weighted by molar-refractivity contribution is 9.10. The highest BCUT2D eigenvalue weighted by atomic mass is 79.9. The van der Waals surface area contributed by atoms with E-state index in [1.165, 1.54) is 0 Å². The van der Waals surface area contributed by atoms with Crippen LogP contribution in [-0.2, 0) is 17.7 Å². The summed E-state index contributed by atoms with van der Waals surface area (Å²) in [5, 5.41) is 4.48. The molecule has 104 valence electrons. The summed E-state index contributed by atoms with van der Waals surface area (Å²) in [5.74, 6) is 0. The average molecular weight is 318 g/mol. The molecule has 1 rings (SSSR count). The van der Waals surface area contributed by atoms with E-state index in [0.29, 0.717) is 6.61 Å². The van der Waals surface area contributed by atoms with Gasteiger partial charge in [-0.05, 0) is 50.5 Å². The second-order valence-corrected chi connectivity index (χ2v) is 5.80. The van der Waals surface area contributed by atoms with Gasteiger partial charge in [0.1, 0.15) is 0 Å². The van der Waals surface area contributed by atoms with E-state index < -0.39 is 0 Å². The summed E-state index contributed by atoms with van der Waals surface area (Å²) < 4.78 is 8.78. The molecule has 0 spiro atoms. The maximum Gasteiger partial charge on any atom is 0.0780 e. The minimum Gasteiger partial charge on any atom is -0.374 e. The molecule has 18 heavy (non-hydrogen) atoms. The zero-order valence-electron chi connectivity index (χ0n) is 12.0. The van der Waals surface area contributed by atoms with Gasteiger partial charge >= 0.3 is 0 Å². The molecule has 0 aliphatic heterocycles. The molecule has 1 unspecified atom stereocenters. The molecule has 1 atom stereocenters. The van der Waals surface area contributed by atoms with Crippen molar-refractivity contribution in [2.24, 2.45) is 5.73 Å². The Morgan fingerprint density at radius 2 is 2.06 bits per heavy atom. The summed E-state index contributed by atoms with van der Waals surface area (Å²) in [5.41, 5.74) is 8.11. The number of halogens is 1. The summed E-state index contributed by atoms with van der Waals surface area (Å²) in [6.45, 7) is 11.7. The molecule has 0 radical (unpaired) electrons. The fraction of sp³-hybridized carbons (Fsp3) is 0.769. The Hall–Kier alpha value is -0.390. The van der Waals surface area contributed by atoms with E-state index in [4.69, 9.17) is 10.5 Å². The van der Waals surface area contributed by atoms with Crippen molar-refractivity contribution in [3.63, 3.8) is 0 Å². The van der Waals surface area contributed by atoms with Crippen LogP contribution in [0.15, 0.2) is 4.47 Å². The van der Waals surface area contributed by atoms with Gasteiger partial charge in [0.2, 0.25) is 0 Å². The Morgan fingerprint density at radius 3 is 2.56 bits per heavy atom. The fourth-order valence-corrected chi connectivity index (χ4v) is 2.44. The van der Waals surface area contributed by atoms with Crippen LogP contribution >= 0.6 is 15.9 Å². The SMILES string of the molecule is CCOC(C)(C)C(N)Cc1c(Br)c(C)nn1CC. The molecular formula is C13H24BrN3O. The standard InChI is InChI=1S/C13H24BrN3O/c1-6-17-10(12(14)9(3)16-17)8-11(15)13(4,5)18-7-2/h11H,6-8,15H2,1-5H3. The van der Waals surface area contributed by atoms with E-state index in [9.17, 15) is 0 Å². The summed E-state index contributed by atoms with van der Waals surface area (Å²) in [6, 6.07) is -0.0600. The van der Waals surface area contributed by atoms with Crippen LogP contribution in [0.4, 0.5) is 0 Å². The molecule has 0 saturated heterocycles. The summed E-state index contributed by atoms with van der Waals surface area (Å²) in [7, 11) is 0. The Labute approximate surface area is 118 Å². The number of ether oxygens (including phenoxy) is 1. The van der Waals surface area contributed by atoms with Crippen LogP contribution in [0.2, 0.25) is 0 Å². The lowest BCUT2D eigenvalue weighted by molar-refractivity contribution is -0.0292. The lowest BCUT2D eigenvalue weighted by atomic mass is 9.95. The normalized spacial score (nSPS) is 13.9. The van der Waals surface area contributed by atoms with E-state index >= 15 is 0 Å². The van der Waals surface area contributed by atoms with Gasteiger partial charge in [0.25, 0.3) is 0 Å². The zero-order valence-corrected chi connectivity index (χ0v) is 13.5. The van der Waals surface area contributed by atoms with Crippen molar-refractivity contribution in [3.05, 3.63) is 15.9 Å². The van der Waals surface area contributed by atoms with Crippen LogP contribution in [0.3, 0.4) is 0 Å². The first-order valence-corrected chi connectivity index (χ1v) is 7.24.